The van der Waals surface area contributed by atoms with Crippen LogP contribution >= 0.6 is 0 Å². The lowest BCUT2D eigenvalue weighted by molar-refractivity contribution is 0.150. The molecule has 0 unspecified atom stereocenters. The highest BCUT2D eigenvalue weighted by Gasteiger charge is 2.08. The molecule has 0 aromatic carbocycles. The van der Waals surface area contributed by atoms with Crippen molar-refractivity contribution in [3.05, 3.63) is 23.7 Å². The lowest BCUT2D eigenvalue weighted by Crippen LogP contribution is -2.23. The van der Waals surface area contributed by atoms with E-state index in [0.29, 0.717) is 11.5 Å². The number of hydrogen-bond acceptors (Lipinski definition) is 2. The normalized spacial score (nSPS) is 9.23. The Labute approximate surface area is 75.8 Å². The fourth-order valence-corrected chi connectivity index (χ4v) is 0.842. The third-order valence-electron chi connectivity index (χ3n) is 1.52. The predicted octanol–water partition coefficient (Wildman–Crippen LogP) is 1.37. The minimum absolute atomic E-state index is 0.205. The predicted molar refractivity (Wildman–Crippen MR) is 46.1 cm³/mol. The Bertz CT molecular complexity index is 348. The van der Waals surface area contributed by atoms with Gasteiger partial charge in [0.2, 0.25) is 0 Å². The van der Waals surface area contributed by atoms with Crippen molar-refractivity contribution in [3.8, 4) is 12.3 Å². The number of terminal acetylenes is 1. The monoisotopic (exact) mass is 179 g/mol. The zero-order valence-corrected chi connectivity index (χ0v) is 7.15. The molecule has 0 saturated heterocycles. The summed E-state index contributed by atoms with van der Waals surface area (Å²) in [5.74, 6) is 3.27. The first kappa shape index (κ1) is 9.20. The van der Waals surface area contributed by atoms with Crippen molar-refractivity contribution >= 4 is 6.09 Å². The van der Waals surface area contributed by atoms with Gasteiger partial charge in [0.15, 0.2) is 5.76 Å². The highest BCUT2D eigenvalue weighted by Crippen LogP contribution is 2.08. The Balaban J connectivity index is 2.65. The number of carboxylic acid groups (broad SMARTS) is 1. The van der Waals surface area contributed by atoms with Gasteiger partial charge in [0.05, 0.1) is 6.54 Å². The van der Waals surface area contributed by atoms with Gasteiger partial charge in [-0.05, 0) is 18.1 Å². The molecule has 1 aromatic heterocycles. The van der Waals surface area contributed by atoms with Gasteiger partial charge in [0.1, 0.15) is 5.76 Å². The van der Waals surface area contributed by atoms with Crippen LogP contribution in [0, 0.1) is 12.3 Å². The second-order valence-corrected chi connectivity index (χ2v) is 2.55. The lowest BCUT2D eigenvalue weighted by atomic mass is 10.4. The van der Waals surface area contributed by atoms with Crippen molar-refractivity contribution in [2.75, 3.05) is 7.05 Å². The Morgan fingerprint density at radius 1 is 1.77 bits per heavy atom. The van der Waals surface area contributed by atoms with Gasteiger partial charge in [-0.3, -0.25) is 0 Å². The molecule has 0 atom stereocenters. The zero-order valence-electron chi connectivity index (χ0n) is 7.15. The van der Waals surface area contributed by atoms with Crippen LogP contribution < -0.4 is 0 Å². The largest absolute Gasteiger partial charge is 0.465 e. The molecule has 0 aliphatic rings. The second kappa shape index (κ2) is 3.68. The van der Waals surface area contributed by atoms with Crippen LogP contribution in [0.1, 0.15) is 11.5 Å². The minimum Gasteiger partial charge on any atom is -0.465 e. The molecular weight excluding hydrogens is 170 g/mol. The standard InChI is InChI=1S/C9H9NO3/c1-3-7-4-5-8(13-7)6-10(2)9(11)12/h1,4-5H,6H2,2H3,(H,11,12). The molecule has 1 heterocycles. The molecule has 0 saturated carbocycles. The molecule has 0 spiro atoms. The molecule has 1 rings (SSSR count). The highest BCUT2D eigenvalue weighted by molar-refractivity contribution is 5.64. The van der Waals surface area contributed by atoms with Crippen molar-refractivity contribution in [1.82, 2.24) is 4.90 Å². The average molecular weight is 179 g/mol. The van der Waals surface area contributed by atoms with E-state index < -0.39 is 6.09 Å². The molecule has 4 heteroatoms. The zero-order chi connectivity index (χ0) is 9.84. The van der Waals surface area contributed by atoms with Crippen LogP contribution in [0.3, 0.4) is 0 Å². The smallest absolute Gasteiger partial charge is 0.407 e. The summed E-state index contributed by atoms with van der Waals surface area (Å²) in [6.45, 7) is 0.205. The molecule has 1 N–H and O–H groups in total. The quantitative estimate of drug-likeness (QED) is 0.697. The van der Waals surface area contributed by atoms with Crippen LogP contribution in [0.5, 0.6) is 0 Å². The first-order valence-corrected chi connectivity index (χ1v) is 3.63. The number of hydrogen-bond donors (Lipinski definition) is 1. The molecule has 0 aliphatic carbocycles. The topological polar surface area (TPSA) is 53.7 Å². The van der Waals surface area contributed by atoms with Gasteiger partial charge in [-0.1, -0.05) is 0 Å². The van der Waals surface area contributed by atoms with Gasteiger partial charge in [-0.15, -0.1) is 6.42 Å². The van der Waals surface area contributed by atoms with Gasteiger partial charge < -0.3 is 14.4 Å². The summed E-state index contributed by atoms with van der Waals surface area (Å²) in [4.78, 5) is 11.5. The van der Waals surface area contributed by atoms with E-state index in [1.54, 1.807) is 12.1 Å². The fraction of sp³-hybridized carbons (Fsp3) is 0.222. The maximum atomic E-state index is 10.4. The van der Waals surface area contributed by atoms with Crippen LogP contribution in [0.4, 0.5) is 4.79 Å². The van der Waals surface area contributed by atoms with Crippen LogP contribution in [0.25, 0.3) is 0 Å². The van der Waals surface area contributed by atoms with Crippen molar-refractivity contribution in [2.45, 2.75) is 6.54 Å². The molecule has 0 radical (unpaired) electrons. The maximum absolute atomic E-state index is 10.4. The molecular formula is C9H9NO3. The summed E-state index contributed by atoms with van der Waals surface area (Å²) < 4.78 is 5.11. The summed E-state index contributed by atoms with van der Waals surface area (Å²) in [5, 5.41) is 8.55. The number of carbonyl (C=O) groups is 1. The third kappa shape index (κ3) is 2.27. The molecule has 68 valence electrons. The van der Waals surface area contributed by atoms with Gasteiger partial charge >= 0.3 is 6.09 Å². The van der Waals surface area contributed by atoms with Crippen LogP contribution in [0.15, 0.2) is 16.5 Å². The van der Waals surface area contributed by atoms with Crippen molar-refractivity contribution in [3.63, 3.8) is 0 Å². The summed E-state index contributed by atoms with van der Waals surface area (Å²) in [5.41, 5.74) is 0. The Kier molecular flexibility index (Phi) is 2.60. The van der Waals surface area contributed by atoms with E-state index in [1.165, 1.54) is 7.05 Å². The second-order valence-electron chi connectivity index (χ2n) is 2.55. The van der Waals surface area contributed by atoms with E-state index in [9.17, 15) is 4.79 Å². The summed E-state index contributed by atoms with van der Waals surface area (Å²) in [6.07, 6.45) is 4.08. The SMILES string of the molecule is C#Cc1ccc(CN(C)C(=O)O)o1. The Morgan fingerprint density at radius 2 is 2.46 bits per heavy atom. The van der Waals surface area contributed by atoms with E-state index in [-0.39, 0.29) is 6.54 Å². The Hall–Kier alpha value is -1.89. The van der Waals surface area contributed by atoms with Gasteiger partial charge in [0, 0.05) is 7.05 Å². The minimum atomic E-state index is -1.00. The van der Waals surface area contributed by atoms with Gasteiger partial charge in [-0.25, -0.2) is 4.79 Å². The summed E-state index contributed by atoms with van der Waals surface area (Å²) in [7, 11) is 1.46. The molecule has 1 aromatic rings. The van der Waals surface area contributed by atoms with Crippen LogP contribution in [-0.2, 0) is 6.54 Å². The van der Waals surface area contributed by atoms with E-state index >= 15 is 0 Å². The van der Waals surface area contributed by atoms with Crippen LogP contribution in [-0.4, -0.2) is 23.1 Å². The van der Waals surface area contributed by atoms with E-state index in [2.05, 4.69) is 5.92 Å². The number of rotatable bonds is 2. The highest BCUT2D eigenvalue weighted by atomic mass is 16.4. The average Bonchev–Trinajstić information content (AvgIpc) is 2.52. The summed E-state index contributed by atoms with van der Waals surface area (Å²) in [6, 6.07) is 3.29. The van der Waals surface area contributed by atoms with Gasteiger partial charge in [-0.2, -0.15) is 0 Å². The maximum Gasteiger partial charge on any atom is 0.407 e. The fourth-order valence-electron chi connectivity index (χ4n) is 0.842. The number of amides is 1. The first-order valence-electron chi connectivity index (χ1n) is 3.63. The van der Waals surface area contributed by atoms with E-state index in [0.717, 1.165) is 4.90 Å². The number of furan rings is 1. The molecule has 0 fully saturated rings. The first-order chi connectivity index (χ1) is 6.13. The van der Waals surface area contributed by atoms with E-state index in [4.69, 9.17) is 15.9 Å². The van der Waals surface area contributed by atoms with Crippen molar-refractivity contribution in [2.24, 2.45) is 0 Å². The number of nitrogens with zero attached hydrogens (tertiary/aromatic N) is 1. The Morgan fingerprint density at radius 3 is 2.92 bits per heavy atom. The van der Waals surface area contributed by atoms with E-state index in [1.807, 2.05) is 0 Å². The van der Waals surface area contributed by atoms with Crippen molar-refractivity contribution in [1.29, 1.82) is 0 Å². The van der Waals surface area contributed by atoms with Gasteiger partial charge in [0.25, 0.3) is 0 Å². The van der Waals surface area contributed by atoms with Crippen molar-refractivity contribution < 1.29 is 14.3 Å². The molecule has 13 heavy (non-hydrogen) atoms. The third-order valence-corrected chi connectivity index (χ3v) is 1.52. The summed E-state index contributed by atoms with van der Waals surface area (Å²) >= 11 is 0. The molecule has 4 nitrogen and oxygen atoms in total. The molecule has 1 amide bonds. The van der Waals surface area contributed by atoms with Crippen LogP contribution in [0.2, 0.25) is 0 Å². The lowest BCUT2D eigenvalue weighted by Gasteiger charge is -2.09. The molecule has 0 bridgehead atoms. The molecule has 0 aliphatic heterocycles.